The summed E-state index contributed by atoms with van der Waals surface area (Å²) >= 11 is 6.98. The lowest BCUT2D eigenvalue weighted by atomic mass is 10.0. The molecule has 2 aromatic heterocycles. The number of piperazine rings is 1. The average molecular weight is 519 g/mol. The fourth-order valence-corrected chi connectivity index (χ4v) is 5.19. The number of hydrogen-bond acceptors (Lipinski definition) is 10. The number of anilines is 4. The highest BCUT2D eigenvalue weighted by Gasteiger charge is 2.34. The third-order valence-corrected chi connectivity index (χ3v) is 7.66. The van der Waals surface area contributed by atoms with Crippen molar-refractivity contribution in [3.63, 3.8) is 0 Å². The molecule has 1 aliphatic carbocycles. The minimum atomic E-state index is 0.264. The molecule has 2 aliphatic heterocycles. The summed E-state index contributed by atoms with van der Waals surface area (Å²) in [5, 5.41) is 30.7. The van der Waals surface area contributed by atoms with Crippen LogP contribution in [0.25, 0.3) is 5.65 Å². The van der Waals surface area contributed by atoms with Crippen molar-refractivity contribution in [3.05, 3.63) is 34.5 Å². The van der Waals surface area contributed by atoms with E-state index in [9.17, 15) is 10.5 Å². The van der Waals surface area contributed by atoms with Gasteiger partial charge in [0.1, 0.15) is 11.6 Å². The number of fused-ring (bicyclic) bond motifs is 1. The maximum Gasteiger partial charge on any atom is 0.232 e. The lowest BCUT2D eigenvalue weighted by molar-refractivity contribution is -0.0698. The molecule has 2 saturated heterocycles. The summed E-state index contributed by atoms with van der Waals surface area (Å²) in [6.45, 7) is 6.41. The molecule has 0 radical (unpaired) electrons. The predicted molar refractivity (Wildman–Crippen MR) is 139 cm³/mol. The molecule has 12 heteroatoms. The Morgan fingerprint density at radius 1 is 1.16 bits per heavy atom. The zero-order valence-electron chi connectivity index (χ0n) is 20.5. The van der Waals surface area contributed by atoms with Gasteiger partial charge in [-0.2, -0.15) is 30.1 Å². The van der Waals surface area contributed by atoms with E-state index in [0.717, 1.165) is 57.8 Å². The molecule has 1 saturated carbocycles. The molecule has 4 heterocycles. The Hall–Kier alpha value is -3.64. The minimum Gasteiger partial charge on any atom is -0.378 e. The first-order valence-electron chi connectivity index (χ1n) is 12.6. The van der Waals surface area contributed by atoms with Crippen LogP contribution >= 0.6 is 11.6 Å². The SMILES string of the molecule is CC[C@H]1CN(C2COC2)CCN1c1cc(C#N)cc(Nc2nc(NC3CC3)n3ncc(C#N)c3n2)c1Cl. The van der Waals surface area contributed by atoms with E-state index in [0.29, 0.717) is 45.5 Å². The van der Waals surface area contributed by atoms with Crippen molar-refractivity contribution in [3.8, 4) is 12.1 Å². The zero-order valence-corrected chi connectivity index (χ0v) is 21.2. The van der Waals surface area contributed by atoms with E-state index < -0.39 is 0 Å². The Morgan fingerprint density at radius 3 is 2.68 bits per heavy atom. The largest absolute Gasteiger partial charge is 0.378 e. The number of rotatable bonds is 7. The molecule has 1 atom stereocenters. The van der Waals surface area contributed by atoms with E-state index in [1.54, 1.807) is 10.6 Å². The summed E-state index contributed by atoms with van der Waals surface area (Å²) in [6, 6.07) is 9.04. The number of ether oxygens (including phenoxy) is 1. The van der Waals surface area contributed by atoms with Crippen LogP contribution in [0.2, 0.25) is 5.02 Å². The van der Waals surface area contributed by atoms with E-state index in [1.165, 1.54) is 6.20 Å². The van der Waals surface area contributed by atoms with Gasteiger partial charge in [-0.25, -0.2) is 0 Å². The molecular formula is C25H27ClN10O. The predicted octanol–water partition coefficient (Wildman–Crippen LogP) is 3.14. The van der Waals surface area contributed by atoms with Crippen LogP contribution in [0, 0.1) is 22.7 Å². The molecule has 3 aliphatic rings. The number of nitrogens with zero attached hydrogens (tertiary/aromatic N) is 8. The lowest BCUT2D eigenvalue weighted by Gasteiger charge is -2.47. The first-order chi connectivity index (χ1) is 18.1. The topological polar surface area (TPSA) is 130 Å². The van der Waals surface area contributed by atoms with Crippen LogP contribution < -0.4 is 15.5 Å². The summed E-state index contributed by atoms with van der Waals surface area (Å²) in [5.74, 6) is 0.781. The van der Waals surface area contributed by atoms with Crippen LogP contribution in [-0.4, -0.2) is 75.5 Å². The Balaban J connectivity index is 1.34. The first-order valence-corrected chi connectivity index (χ1v) is 13.0. The maximum absolute atomic E-state index is 9.80. The number of halogens is 1. The van der Waals surface area contributed by atoms with Gasteiger partial charge in [-0.3, -0.25) is 4.90 Å². The van der Waals surface area contributed by atoms with Crippen molar-refractivity contribution < 1.29 is 4.74 Å². The molecule has 2 N–H and O–H groups in total. The first kappa shape index (κ1) is 23.7. The van der Waals surface area contributed by atoms with Gasteiger partial charge in [0.05, 0.1) is 53.5 Å². The van der Waals surface area contributed by atoms with Crippen LogP contribution in [0.5, 0.6) is 0 Å². The molecule has 190 valence electrons. The van der Waals surface area contributed by atoms with Gasteiger partial charge in [0, 0.05) is 31.7 Å². The van der Waals surface area contributed by atoms with E-state index in [2.05, 4.69) is 54.6 Å². The summed E-state index contributed by atoms with van der Waals surface area (Å²) in [4.78, 5) is 14.0. The number of aromatic nitrogens is 4. The van der Waals surface area contributed by atoms with E-state index >= 15 is 0 Å². The summed E-state index contributed by atoms with van der Waals surface area (Å²) in [6.07, 6.45) is 4.54. The number of nitrogens with one attached hydrogen (secondary N) is 2. The summed E-state index contributed by atoms with van der Waals surface area (Å²) < 4.78 is 6.94. The van der Waals surface area contributed by atoms with Gasteiger partial charge in [0.2, 0.25) is 11.9 Å². The van der Waals surface area contributed by atoms with Gasteiger partial charge in [0.25, 0.3) is 0 Å². The molecule has 1 aromatic carbocycles. The van der Waals surface area contributed by atoms with E-state index in [-0.39, 0.29) is 12.0 Å². The monoisotopic (exact) mass is 518 g/mol. The van der Waals surface area contributed by atoms with Crippen LogP contribution in [0.1, 0.15) is 37.3 Å². The molecule has 0 amide bonds. The Morgan fingerprint density at radius 2 is 2.00 bits per heavy atom. The van der Waals surface area contributed by atoms with Gasteiger partial charge in [-0.05, 0) is 31.4 Å². The third kappa shape index (κ3) is 4.51. The molecule has 0 spiro atoms. The van der Waals surface area contributed by atoms with Crippen molar-refractivity contribution in [2.24, 2.45) is 0 Å². The smallest absolute Gasteiger partial charge is 0.232 e. The Kier molecular flexibility index (Phi) is 6.21. The minimum absolute atomic E-state index is 0.264. The van der Waals surface area contributed by atoms with Crippen LogP contribution in [0.15, 0.2) is 18.3 Å². The third-order valence-electron chi connectivity index (χ3n) is 7.26. The molecule has 37 heavy (non-hydrogen) atoms. The normalized spacial score (nSPS) is 20.3. The highest BCUT2D eigenvalue weighted by atomic mass is 35.5. The quantitative estimate of drug-likeness (QED) is 0.481. The van der Waals surface area contributed by atoms with E-state index in [4.69, 9.17) is 16.3 Å². The van der Waals surface area contributed by atoms with Gasteiger partial charge in [-0.1, -0.05) is 18.5 Å². The number of hydrogen-bond donors (Lipinski definition) is 2. The van der Waals surface area contributed by atoms with Crippen molar-refractivity contribution in [2.75, 3.05) is 48.4 Å². The fourth-order valence-electron chi connectivity index (χ4n) is 4.92. The molecule has 11 nitrogen and oxygen atoms in total. The second-order valence-electron chi connectivity index (χ2n) is 9.73. The van der Waals surface area contributed by atoms with Crippen molar-refractivity contribution in [1.82, 2.24) is 24.5 Å². The van der Waals surface area contributed by atoms with Crippen molar-refractivity contribution in [1.29, 1.82) is 10.5 Å². The highest BCUT2D eigenvalue weighted by molar-refractivity contribution is 6.36. The van der Waals surface area contributed by atoms with Crippen molar-refractivity contribution in [2.45, 2.75) is 44.3 Å². The molecule has 0 bridgehead atoms. The maximum atomic E-state index is 9.80. The highest BCUT2D eigenvalue weighted by Crippen LogP contribution is 2.38. The molecule has 0 unspecified atom stereocenters. The van der Waals surface area contributed by atoms with Crippen LogP contribution in [0.3, 0.4) is 0 Å². The lowest BCUT2D eigenvalue weighted by Crippen LogP contribution is -2.60. The molecular weight excluding hydrogens is 492 g/mol. The van der Waals surface area contributed by atoms with Crippen LogP contribution in [0.4, 0.5) is 23.3 Å². The average Bonchev–Trinajstić information content (AvgIpc) is 3.60. The Bertz CT molecular complexity index is 1420. The zero-order chi connectivity index (χ0) is 25.5. The van der Waals surface area contributed by atoms with Gasteiger partial charge in [-0.15, -0.1) is 0 Å². The van der Waals surface area contributed by atoms with Gasteiger partial charge >= 0.3 is 0 Å². The Labute approximate surface area is 219 Å². The number of nitriles is 2. The van der Waals surface area contributed by atoms with Gasteiger partial charge < -0.3 is 20.3 Å². The van der Waals surface area contributed by atoms with Crippen molar-refractivity contribution >= 4 is 40.5 Å². The van der Waals surface area contributed by atoms with E-state index in [1.807, 2.05) is 6.07 Å². The van der Waals surface area contributed by atoms with Crippen LogP contribution in [-0.2, 0) is 4.74 Å². The molecule has 6 rings (SSSR count). The number of benzene rings is 1. The summed E-state index contributed by atoms with van der Waals surface area (Å²) in [5.41, 5.74) is 2.60. The van der Waals surface area contributed by atoms with Gasteiger partial charge in [0.15, 0.2) is 5.65 Å². The molecule has 3 fully saturated rings. The molecule has 3 aromatic rings. The second-order valence-corrected chi connectivity index (χ2v) is 10.1. The second kappa shape index (κ2) is 9.67. The fraction of sp³-hybridized carbons (Fsp3) is 0.480. The summed E-state index contributed by atoms with van der Waals surface area (Å²) in [7, 11) is 0. The standard InChI is InChI=1S/C25H27ClN10O/c1-2-18-12-34(19-13-37-14-19)5-6-35(18)21-8-15(9-27)7-20(22(21)26)31-24-32-23-16(10-28)11-29-36(23)25(33-24)30-17-3-4-17/h7-8,11,17-19H,2-6,12-14H2,1H3,(H2,30,31,32,33)/t18-/m0/s1.